The molecule has 1 N–H and O–H groups in total. The number of likely N-dealkylation sites (N-methyl/N-ethyl adjacent to an activating group) is 1. The first-order chi connectivity index (χ1) is 8.99. The monoisotopic (exact) mass is 284 g/mol. The van der Waals surface area contributed by atoms with Gasteiger partial charge >= 0.3 is 0 Å². The fourth-order valence-corrected chi connectivity index (χ4v) is 2.50. The predicted octanol–water partition coefficient (Wildman–Crippen LogP) is 3.40. The van der Waals surface area contributed by atoms with E-state index in [1.54, 1.807) is 0 Å². The molecule has 0 amide bonds. The summed E-state index contributed by atoms with van der Waals surface area (Å²) >= 11 is 6.17. The third-order valence-electron chi connectivity index (χ3n) is 3.22. The van der Waals surface area contributed by atoms with Crippen LogP contribution in [-0.4, -0.2) is 40.5 Å². The van der Waals surface area contributed by atoms with E-state index < -0.39 is 0 Å². The third kappa shape index (κ3) is 4.62. The predicted molar refractivity (Wildman–Crippen MR) is 82.0 cm³/mol. The number of aromatic nitrogens is 2. The van der Waals surface area contributed by atoms with Crippen molar-refractivity contribution in [3.05, 3.63) is 17.0 Å². The van der Waals surface area contributed by atoms with Crippen LogP contribution in [0, 0.1) is 0 Å². The largest absolute Gasteiger partial charge is 0.366 e. The summed E-state index contributed by atoms with van der Waals surface area (Å²) in [5.74, 6) is 1.16. The van der Waals surface area contributed by atoms with E-state index in [1.807, 2.05) is 0 Å². The van der Waals surface area contributed by atoms with Crippen molar-refractivity contribution in [2.45, 2.75) is 46.6 Å². The van der Waals surface area contributed by atoms with Crippen molar-refractivity contribution in [1.29, 1.82) is 0 Å². The van der Waals surface area contributed by atoms with Gasteiger partial charge in [-0.1, -0.05) is 39.3 Å². The molecule has 5 heteroatoms. The van der Waals surface area contributed by atoms with Crippen LogP contribution >= 0.6 is 11.6 Å². The van der Waals surface area contributed by atoms with Crippen molar-refractivity contribution in [3.63, 3.8) is 0 Å². The molecule has 1 aromatic heterocycles. The van der Waals surface area contributed by atoms with Gasteiger partial charge in [-0.2, -0.15) is 0 Å². The summed E-state index contributed by atoms with van der Waals surface area (Å²) in [5.41, 5.74) is 0.996. The molecule has 1 unspecified atom stereocenters. The van der Waals surface area contributed by atoms with Crippen LogP contribution in [-0.2, 0) is 0 Å². The molecule has 1 heterocycles. The molecule has 0 radical (unpaired) electrons. The van der Waals surface area contributed by atoms with E-state index >= 15 is 0 Å². The van der Waals surface area contributed by atoms with Gasteiger partial charge in [0.1, 0.15) is 17.3 Å². The molecule has 0 bridgehead atoms. The second kappa shape index (κ2) is 7.65. The Balaban J connectivity index is 2.79. The molecular weight excluding hydrogens is 260 g/mol. The number of nitrogens with one attached hydrogen (secondary N) is 1. The average molecular weight is 285 g/mol. The lowest BCUT2D eigenvalue weighted by Gasteiger charge is -2.25. The van der Waals surface area contributed by atoms with Crippen LogP contribution in [0.1, 0.15) is 46.1 Å². The van der Waals surface area contributed by atoms with Gasteiger partial charge in [-0.3, -0.25) is 0 Å². The Morgan fingerprint density at radius 2 is 1.84 bits per heavy atom. The van der Waals surface area contributed by atoms with Gasteiger partial charge in [-0.05, 0) is 25.9 Å². The molecule has 0 aliphatic carbocycles. The topological polar surface area (TPSA) is 41.0 Å². The van der Waals surface area contributed by atoms with Crippen molar-refractivity contribution >= 4 is 17.4 Å². The standard InChI is InChI=1S/C14H25ClN4/c1-6-19(7-2)8-11(5)18-14-12(10(3)4)13(15)16-9-17-14/h9-11H,6-8H2,1-5H3,(H,16,17,18). The van der Waals surface area contributed by atoms with Crippen molar-refractivity contribution in [2.75, 3.05) is 25.0 Å². The lowest BCUT2D eigenvalue weighted by molar-refractivity contribution is 0.294. The zero-order chi connectivity index (χ0) is 14.4. The minimum atomic E-state index is 0.303. The van der Waals surface area contributed by atoms with E-state index in [2.05, 4.69) is 54.8 Å². The minimum absolute atomic E-state index is 0.303. The Morgan fingerprint density at radius 1 is 1.21 bits per heavy atom. The second-order valence-corrected chi connectivity index (χ2v) is 5.47. The molecule has 0 aliphatic heterocycles. The number of anilines is 1. The number of hydrogen-bond acceptors (Lipinski definition) is 4. The zero-order valence-electron chi connectivity index (χ0n) is 12.6. The molecule has 1 atom stereocenters. The molecule has 0 spiro atoms. The summed E-state index contributed by atoms with van der Waals surface area (Å²) in [6.45, 7) is 13.8. The summed E-state index contributed by atoms with van der Waals surface area (Å²) in [4.78, 5) is 10.8. The molecule has 1 rings (SSSR count). The maximum absolute atomic E-state index is 6.17. The van der Waals surface area contributed by atoms with E-state index in [0.29, 0.717) is 17.1 Å². The van der Waals surface area contributed by atoms with Crippen molar-refractivity contribution in [2.24, 2.45) is 0 Å². The fraction of sp³-hybridized carbons (Fsp3) is 0.714. The molecule has 0 aromatic carbocycles. The summed E-state index contributed by atoms with van der Waals surface area (Å²) < 4.78 is 0. The summed E-state index contributed by atoms with van der Waals surface area (Å²) in [6.07, 6.45) is 1.51. The molecule has 19 heavy (non-hydrogen) atoms. The van der Waals surface area contributed by atoms with E-state index in [1.165, 1.54) is 6.33 Å². The van der Waals surface area contributed by atoms with Gasteiger partial charge in [0.25, 0.3) is 0 Å². The molecule has 0 aliphatic rings. The van der Waals surface area contributed by atoms with E-state index in [-0.39, 0.29) is 0 Å². The summed E-state index contributed by atoms with van der Waals surface area (Å²) in [7, 11) is 0. The molecule has 0 saturated carbocycles. The van der Waals surface area contributed by atoms with Crippen molar-refractivity contribution in [1.82, 2.24) is 14.9 Å². The van der Waals surface area contributed by atoms with E-state index in [9.17, 15) is 0 Å². The third-order valence-corrected chi connectivity index (χ3v) is 3.52. The molecule has 4 nitrogen and oxygen atoms in total. The quantitative estimate of drug-likeness (QED) is 0.779. The SMILES string of the molecule is CCN(CC)CC(C)Nc1ncnc(Cl)c1C(C)C. The molecule has 1 aromatic rings. The number of hydrogen-bond donors (Lipinski definition) is 1. The average Bonchev–Trinajstić information content (AvgIpc) is 2.35. The van der Waals surface area contributed by atoms with Crippen LogP contribution in [0.4, 0.5) is 5.82 Å². The smallest absolute Gasteiger partial charge is 0.138 e. The minimum Gasteiger partial charge on any atom is -0.366 e. The van der Waals surface area contributed by atoms with Gasteiger partial charge in [0, 0.05) is 18.2 Å². The first-order valence-electron chi connectivity index (χ1n) is 6.98. The highest BCUT2D eigenvalue weighted by molar-refractivity contribution is 6.30. The highest BCUT2D eigenvalue weighted by Gasteiger charge is 2.16. The van der Waals surface area contributed by atoms with Gasteiger partial charge < -0.3 is 10.2 Å². The lowest BCUT2D eigenvalue weighted by Crippen LogP contribution is -2.35. The maximum Gasteiger partial charge on any atom is 0.138 e. The molecular formula is C14H25ClN4. The van der Waals surface area contributed by atoms with Crippen LogP contribution in [0.25, 0.3) is 0 Å². The van der Waals surface area contributed by atoms with Gasteiger partial charge in [-0.15, -0.1) is 0 Å². The zero-order valence-corrected chi connectivity index (χ0v) is 13.3. The van der Waals surface area contributed by atoms with Crippen molar-refractivity contribution in [3.8, 4) is 0 Å². The fourth-order valence-electron chi connectivity index (χ4n) is 2.15. The Bertz CT molecular complexity index is 391. The first-order valence-corrected chi connectivity index (χ1v) is 7.36. The first kappa shape index (κ1) is 16.2. The van der Waals surface area contributed by atoms with Crippen molar-refractivity contribution < 1.29 is 0 Å². The molecule has 0 saturated heterocycles. The lowest BCUT2D eigenvalue weighted by atomic mass is 10.1. The highest BCUT2D eigenvalue weighted by atomic mass is 35.5. The van der Waals surface area contributed by atoms with Crippen LogP contribution in [0.15, 0.2) is 6.33 Å². The Labute approximate surface area is 121 Å². The van der Waals surface area contributed by atoms with E-state index in [4.69, 9.17) is 11.6 Å². The highest BCUT2D eigenvalue weighted by Crippen LogP contribution is 2.28. The molecule has 0 fully saturated rings. The summed E-state index contributed by atoms with van der Waals surface area (Å²) in [5, 5.41) is 4.00. The van der Waals surface area contributed by atoms with Gasteiger partial charge in [-0.25, -0.2) is 9.97 Å². The normalized spacial score (nSPS) is 13.1. The Kier molecular flexibility index (Phi) is 6.52. The van der Waals surface area contributed by atoms with Crippen LogP contribution in [0.5, 0.6) is 0 Å². The Morgan fingerprint density at radius 3 is 2.37 bits per heavy atom. The van der Waals surface area contributed by atoms with Gasteiger partial charge in [0.15, 0.2) is 0 Å². The van der Waals surface area contributed by atoms with Crippen LogP contribution < -0.4 is 5.32 Å². The summed E-state index contributed by atoms with van der Waals surface area (Å²) in [6, 6.07) is 0.323. The Hall–Kier alpha value is -0.870. The van der Waals surface area contributed by atoms with Gasteiger partial charge in [0.2, 0.25) is 0 Å². The van der Waals surface area contributed by atoms with Crippen LogP contribution in [0.3, 0.4) is 0 Å². The number of nitrogens with zero attached hydrogens (tertiary/aromatic N) is 3. The molecule has 108 valence electrons. The van der Waals surface area contributed by atoms with Gasteiger partial charge in [0.05, 0.1) is 0 Å². The van der Waals surface area contributed by atoms with E-state index in [0.717, 1.165) is 31.0 Å². The number of rotatable bonds is 7. The number of halogens is 1. The van der Waals surface area contributed by atoms with Crippen LogP contribution in [0.2, 0.25) is 5.15 Å². The second-order valence-electron chi connectivity index (χ2n) is 5.11. The maximum atomic E-state index is 6.17.